The maximum Gasteiger partial charge on any atom is 0.255 e. The van der Waals surface area contributed by atoms with Gasteiger partial charge in [0.05, 0.1) is 11.6 Å². The molecule has 2 rings (SSSR count). The maximum absolute atomic E-state index is 11.4. The highest BCUT2D eigenvalue weighted by atomic mass is 16.1. The molecule has 0 saturated heterocycles. The van der Waals surface area contributed by atoms with Crippen molar-refractivity contribution in [1.82, 2.24) is 9.97 Å². The second-order valence-corrected chi connectivity index (χ2v) is 3.91. The van der Waals surface area contributed by atoms with E-state index in [0.29, 0.717) is 23.6 Å². The summed E-state index contributed by atoms with van der Waals surface area (Å²) in [5, 5.41) is 11.7. The molecule has 5 nitrogen and oxygen atoms in total. The minimum absolute atomic E-state index is 0.146. The highest BCUT2D eigenvalue weighted by molar-refractivity contribution is 5.33. The number of nitrogens with one attached hydrogen (secondary N) is 2. The molecule has 0 atom stereocenters. The van der Waals surface area contributed by atoms with E-state index in [0.717, 1.165) is 5.56 Å². The Morgan fingerprint density at radius 3 is 2.72 bits per heavy atom. The molecule has 0 saturated carbocycles. The van der Waals surface area contributed by atoms with Gasteiger partial charge in [-0.25, -0.2) is 4.98 Å². The fraction of sp³-hybridized carbons (Fsp3) is 0.154. The number of hydrogen-bond donors (Lipinski definition) is 2. The number of anilines is 1. The Hall–Kier alpha value is -2.61. The van der Waals surface area contributed by atoms with E-state index in [2.05, 4.69) is 21.4 Å². The van der Waals surface area contributed by atoms with Crippen molar-refractivity contribution in [3.63, 3.8) is 0 Å². The topological polar surface area (TPSA) is 81.6 Å². The van der Waals surface area contributed by atoms with Crippen molar-refractivity contribution in [2.24, 2.45) is 0 Å². The lowest BCUT2D eigenvalue weighted by Gasteiger charge is -2.05. The number of benzene rings is 1. The number of aromatic nitrogens is 2. The zero-order valence-corrected chi connectivity index (χ0v) is 9.90. The standard InChI is InChI=1S/C13H12N4O/c1-9-7-15-13(17-12(9)18)16-8-11-4-2-10(6-14)3-5-11/h2-5,7H,8H2,1H3,(H2,15,16,17,18). The van der Waals surface area contributed by atoms with Crippen LogP contribution >= 0.6 is 0 Å². The predicted octanol–water partition coefficient (Wildman–Crippen LogP) is 1.56. The van der Waals surface area contributed by atoms with Gasteiger partial charge in [-0.15, -0.1) is 0 Å². The van der Waals surface area contributed by atoms with Gasteiger partial charge in [-0.2, -0.15) is 5.26 Å². The van der Waals surface area contributed by atoms with E-state index in [9.17, 15) is 4.79 Å². The molecule has 0 amide bonds. The molecule has 0 radical (unpaired) electrons. The van der Waals surface area contributed by atoms with Crippen LogP contribution in [0.3, 0.4) is 0 Å². The highest BCUT2D eigenvalue weighted by Gasteiger charge is 1.98. The Labute approximate surface area is 104 Å². The Balaban J connectivity index is 2.04. The summed E-state index contributed by atoms with van der Waals surface area (Å²) in [6.07, 6.45) is 1.53. The molecule has 0 aliphatic heterocycles. The van der Waals surface area contributed by atoms with Gasteiger partial charge in [0.15, 0.2) is 0 Å². The molecule has 2 aromatic rings. The van der Waals surface area contributed by atoms with Crippen molar-refractivity contribution < 1.29 is 0 Å². The SMILES string of the molecule is Cc1cnc(NCc2ccc(C#N)cc2)[nH]c1=O. The van der Waals surface area contributed by atoms with E-state index in [1.165, 1.54) is 6.20 Å². The number of aryl methyl sites for hydroxylation is 1. The van der Waals surface area contributed by atoms with Crippen molar-refractivity contribution in [1.29, 1.82) is 5.26 Å². The van der Waals surface area contributed by atoms with Gasteiger partial charge in [0.1, 0.15) is 0 Å². The first kappa shape index (κ1) is 11.9. The Morgan fingerprint density at radius 1 is 1.39 bits per heavy atom. The van der Waals surface area contributed by atoms with E-state index < -0.39 is 0 Å². The first-order chi connectivity index (χ1) is 8.69. The summed E-state index contributed by atoms with van der Waals surface area (Å²) in [6, 6.07) is 9.28. The summed E-state index contributed by atoms with van der Waals surface area (Å²) in [4.78, 5) is 18.1. The Kier molecular flexibility index (Phi) is 3.39. The quantitative estimate of drug-likeness (QED) is 0.853. The lowest BCUT2D eigenvalue weighted by molar-refractivity contribution is 1.02. The third-order valence-corrected chi connectivity index (χ3v) is 2.52. The van der Waals surface area contributed by atoms with E-state index >= 15 is 0 Å². The zero-order valence-electron chi connectivity index (χ0n) is 9.90. The fourth-order valence-corrected chi connectivity index (χ4v) is 1.43. The minimum atomic E-state index is -0.146. The van der Waals surface area contributed by atoms with Crippen LogP contribution in [-0.2, 0) is 6.54 Å². The van der Waals surface area contributed by atoms with Gasteiger partial charge in [-0.3, -0.25) is 9.78 Å². The minimum Gasteiger partial charge on any atom is -0.352 e. The first-order valence-electron chi connectivity index (χ1n) is 5.48. The number of hydrogen-bond acceptors (Lipinski definition) is 4. The molecular formula is C13H12N4O. The average molecular weight is 240 g/mol. The van der Waals surface area contributed by atoms with Crippen molar-refractivity contribution >= 4 is 5.95 Å². The van der Waals surface area contributed by atoms with Gasteiger partial charge in [0.2, 0.25) is 5.95 Å². The summed E-state index contributed by atoms with van der Waals surface area (Å²) >= 11 is 0. The zero-order chi connectivity index (χ0) is 13.0. The van der Waals surface area contributed by atoms with Gasteiger partial charge in [0, 0.05) is 18.3 Å². The number of nitriles is 1. The average Bonchev–Trinajstić information content (AvgIpc) is 2.41. The monoisotopic (exact) mass is 240 g/mol. The summed E-state index contributed by atoms with van der Waals surface area (Å²) in [7, 11) is 0. The Morgan fingerprint density at radius 2 is 2.11 bits per heavy atom. The molecular weight excluding hydrogens is 228 g/mol. The smallest absolute Gasteiger partial charge is 0.255 e. The van der Waals surface area contributed by atoms with Gasteiger partial charge < -0.3 is 5.32 Å². The lowest BCUT2D eigenvalue weighted by atomic mass is 10.1. The van der Waals surface area contributed by atoms with Crippen LogP contribution in [0.25, 0.3) is 0 Å². The van der Waals surface area contributed by atoms with Crippen LogP contribution in [0.5, 0.6) is 0 Å². The highest BCUT2D eigenvalue weighted by Crippen LogP contribution is 2.05. The second kappa shape index (κ2) is 5.15. The number of aromatic amines is 1. The summed E-state index contributed by atoms with van der Waals surface area (Å²) in [5.41, 5.74) is 2.07. The van der Waals surface area contributed by atoms with Gasteiger partial charge in [0.25, 0.3) is 5.56 Å². The van der Waals surface area contributed by atoms with Crippen LogP contribution in [0.1, 0.15) is 16.7 Å². The fourth-order valence-electron chi connectivity index (χ4n) is 1.43. The van der Waals surface area contributed by atoms with Crippen LogP contribution < -0.4 is 10.9 Å². The van der Waals surface area contributed by atoms with Crippen molar-refractivity contribution in [2.45, 2.75) is 13.5 Å². The number of rotatable bonds is 3. The van der Waals surface area contributed by atoms with Gasteiger partial charge in [-0.1, -0.05) is 12.1 Å². The van der Waals surface area contributed by atoms with Crippen molar-refractivity contribution in [2.75, 3.05) is 5.32 Å². The van der Waals surface area contributed by atoms with Crippen molar-refractivity contribution in [3.8, 4) is 6.07 Å². The van der Waals surface area contributed by atoms with E-state index in [4.69, 9.17) is 5.26 Å². The number of H-pyrrole nitrogens is 1. The largest absolute Gasteiger partial charge is 0.352 e. The first-order valence-corrected chi connectivity index (χ1v) is 5.48. The molecule has 0 unspecified atom stereocenters. The molecule has 5 heteroatoms. The van der Waals surface area contributed by atoms with Crippen LogP contribution in [0.15, 0.2) is 35.3 Å². The van der Waals surface area contributed by atoms with Gasteiger partial charge >= 0.3 is 0 Å². The van der Waals surface area contributed by atoms with E-state index in [1.807, 2.05) is 12.1 Å². The van der Waals surface area contributed by atoms with Crippen LogP contribution in [0.2, 0.25) is 0 Å². The van der Waals surface area contributed by atoms with Crippen LogP contribution in [0, 0.1) is 18.3 Å². The lowest BCUT2D eigenvalue weighted by Crippen LogP contribution is -2.14. The molecule has 18 heavy (non-hydrogen) atoms. The molecule has 0 aliphatic rings. The molecule has 1 aromatic heterocycles. The third kappa shape index (κ3) is 2.74. The van der Waals surface area contributed by atoms with Gasteiger partial charge in [-0.05, 0) is 24.6 Å². The normalized spacial score (nSPS) is 9.78. The summed E-state index contributed by atoms with van der Waals surface area (Å²) in [6.45, 7) is 2.24. The molecule has 1 aromatic carbocycles. The molecule has 90 valence electrons. The van der Waals surface area contributed by atoms with Crippen molar-refractivity contribution in [3.05, 3.63) is 57.5 Å². The van der Waals surface area contributed by atoms with E-state index in [1.54, 1.807) is 19.1 Å². The van der Waals surface area contributed by atoms with E-state index in [-0.39, 0.29) is 5.56 Å². The molecule has 0 fully saturated rings. The summed E-state index contributed by atoms with van der Waals surface area (Å²) < 4.78 is 0. The molecule has 1 heterocycles. The molecule has 2 N–H and O–H groups in total. The molecule has 0 spiro atoms. The number of nitrogens with zero attached hydrogens (tertiary/aromatic N) is 2. The molecule has 0 bridgehead atoms. The Bertz CT molecular complexity index is 637. The third-order valence-electron chi connectivity index (χ3n) is 2.52. The molecule has 0 aliphatic carbocycles. The maximum atomic E-state index is 11.4. The predicted molar refractivity (Wildman–Crippen MR) is 68.1 cm³/mol. The van der Waals surface area contributed by atoms with Crippen LogP contribution in [-0.4, -0.2) is 9.97 Å². The van der Waals surface area contributed by atoms with Crippen LogP contribution in [0.4, 0.5) is 5.95 Å². The second-order valence-electron chi connectivity index (χ2n) is 3.91. The summed E-state index contributed by atoms with van der Waals surface area (Å²) in [5.74, 6) is 0.440.